The SMILES string of the molecule is [CH]1CCN(CC2CC=CCC2)CC1. The Morgan fingerprint density at radius 2 is 1.92 bits per heavy atom. The Labute approximate surface area is 81.8 Å². The summed E-state index contributed by atoms with van der Waals surface area (Å²) in [5.74, 6) is 0.947. The molecule has 0 aromatic heterocycles. The van der Waals surface area contributed by atoms with E-state index in [1.165, 1.54) is 51.7 Å². The predicted octanol–water partition coefficient (Wildman–Crippen LogP) is 2.64. The van der Waals surface area contributed by atoms with Crippen molar-refractivity contribution in [2.45, 2.75) is 32.1 Å². The molecule has 73 valence electrons. The summed E-state index contributed by atoms with van der Waals surface area (Å²) in [5, 5.41) is 0. The summed E-state index contributed by atoms with van der Waals surface area (Å²) in [7, 11) is 0. The summed E-state index contributed by atoms with van der Waals surface area (Å²) in [6, 6.07) is 0. The number of piperidine rings is 1. The Bertz CT molecular complexity index is 168. The van der Waals surface area contributed by atoms with Crippen LogP contribution in [0.15, 0.2) is 12.2 Å². The second-order valence-electron chi connectivity index (χ2n) is 4.32. The maximum absolute atomic E-state index is 2.64. The van der Waals surface area contributed by atoms with Crippen LogP contribution in [0, 0.1) is 12.3 Å². The van der Waals surface area contributed by atoms with Gasteiger partial charge in [-0.3, -0.25) is 0 Å². The van der Waals surface area contributed by atoms with E-state index in [4.69, 9.17) is 0 Å². The lowest BCUT2D eigenvalue weighted by Gasteiger charge is -2.30. The summed E-state index contributed by atoms with van der Waals surface area (Å²) in [5.41, 5.74) is 0. The fourth-order valence-corrected chi connectivity index (χ4v) is 2.37. The minimum Gasteiger partial charge on any atom is -0.303 e. The maximum Gasteiger partial charge on any atom is 0.00127 e. The van der Waals surface area contributed by atoms with Crippen LogP contribution in [0.1, 0.15) is 32.1 Å². The van der Waals surface area contributed by atoms with Crippen LogP contribution in [-0.2, 0) is 0 Å². The molecule has 1 aliphatic carbocycles. The molecule has 1 radical (unpaired) electrons. The van der Waals surface area contributed by atoms with Crippen molar-refractivity contribution in [3.63, 3.8) is 0 Å². The summed E-state index contributed by atoms with van der Waals surface area (Å²) >= 11 is 0. The minimum atomic E-state index is 0.947. The Kier molecular flexibility index (Phi) is 3.42. The van der Waals surface area contributed by atoms with Gasteiger partial charge in [0.2, 0.25) is 0 Å². The van der Waals surface area contributed by atoms with Crippen molar-refractivity contribution in [3.05, 3.63) is 18.6 Å². The van der Waals surface area contributed by atoms with E-state index in [9.17, 15) is 0 Å². The van der Waals surface area contributed by atoms with E-state index in [2.05, 4.69) is 23.5 Å². The van der Waals surface area contributed by atoms with E-state index in [-0.39, 0.29) is 0 Å². The van der Waals surface area contributed by atoms with Gasteiger partial charge in [-0.05, 0) is 57.5 Å². The van der Waals surface area contributed by atoms with E-state index in [0.717, 1.165) is 5.92 Å². The molecule has 2 aliphatic rings. The van der Waals surface area contributed by atoms with Gasteiger partial charge in [0.05, 0.1) is 0 Å². The Morgan fingerprint density at radius 1 is 1.08 bits per heavy atom. The maximum atomic E-state index is 2.64. The van der Waals surface area contributed by atoms with Crippen molar-refractivity contribution in [2.24, 2.45) is 5.92 Å². The summed E-state index contributed by atoms with van der Waals surface area (Å²) in [6.45, 7) is 3.96. The van der Waals surface area contributed by atoms with Gasteiger partial charge >= 0.3 is 0 Å². The van der Waals surface area contributed by atoms with Gasteiger partial charge in [0.25, 0.3) is 0 Å². The Hall–Kier alpha value is -0.300. The van der Waals surface area contributed by atoms with Crippen molar-refractivity contribution in [1.29, 1.82) is 0 Å². The fourth-order valence-electron chi connectivity index (χ4n) is 2.37. The standard InChI is InChI=1S/C12H20N/c1-3-7-12(8-4-1)11-13-9-5-2-6-10-13/h1-3,12H,4-11H2. The normalized spacial score (nSPS) is 30.6. The minimum absolute atomic E-state index is 0.947. The average Bonchev–Trinajstić information content (AvgIpc) is 2.21. The van der Waals surface area contributed by atoms with Crippen LogP contribution in [-0.4, -0.2) is 24.5 Å². The third-order valence-electron chi connectivity index (χ3n) is 3.19. The molecule has 1 atom stereocenters. The van der Waals surface area contributed by atoms with Gasteiger partial charge in [0.15, 0.2) is 0 Å². The fraction of sp³-hybridized carbons (Fsp3) is 0.750. The highest BCUT2D eigenvalue weighted by atomic mass is 15.1. The van der Waals surface area contributed by atoms with E-state index in [0.29, 0.717) is 0 Å². The van der Waals surface area contributed by atoms with Crippen LogP contribution >= 0.6 is 0 Å². The summed E-state index contributed by atoms with van der Waals surface area (Å²) < 4.78 is 0. The second kappa shape index (κ2) is 4.80. The molecule has 0 N–H and O–H groups in total. The highest BCUT2D eigenvalue weighted by Crippen LogP contribution is 2.20. The lowest BCUT2D eigenvalue weighted by atomic mass is 9.93. The Morgan fingerprint density at radius 3 is 2.62 bits per heavy atom. The van der Waals surface area contributed by atoms with E-state index >= 15 is 0 Å². The van der Waals surface area contributed by atoms with Crippen molar-refractivity contribution in [3.8, 4) is 0 Å². The first-order chi connectivity index (χ1) is 6.45. The third kappa shape index (κ3) is 2.84. The van der Waals surface area contributed by atoms with Gasteiger partial charge in [-0.2, -0.15) is 0 Å². The molecule has 0 bridgehead atoms. The van der Waals surface area contributed by atoms with E-state index in [1.54, 1.807) is 0 Å². The number of nitrogens with zero attached hydrogens (tertiary/aromatic N) is 1. The smallest absolute Gasteiger partial charge is 0.00127 e. The molecule has 1 heteroatoms. The van der Waals surface area contributed by atoms with Gasteiger partial charge in [-0.15, -0.1) is 0 Å². The first kappa shape index (κ1) is 9.26. The third-order valence-corrected chi connectivity index (χ3v) is 3.19. The summed E-state index contributed by atoms with van der Waals surface area (Å²) in [4.78, 5) is 2.64. The molecule has 1 aliphatic heterocycles. The average molecular weight is 178 g/mol. The first-order valence-corrected chi connectivity index (χ1v) is 5.64. The number of hydrogen-bond acceptors (Lipinski definition) is 1. The van der Waals surface area contributed by atoms with Crippen LogP contribution in [0.3, 0.4) is 0 Å². The van der Waals surface area contributed by atoms with Gasteiger partial charge in [-0.25, -0.2) is 0 Å². The zero-order valence-electron chi connectivity index (χ0n) is 8.41. The number of hydrogen-bond donors (Lipinski definition) is 0. The number of rotatable bonds is 2. The zero-order chi connectivity index (χ0) is 8.93. The van der Waals surface area contributed by atoms with E-state index in [1.807, 2.05) is 0 Å². The summed E-state index contributed by atoms with van der Waals surface area (Å²) in [6.07, 6.45) is 13.8. The van der Waals surface area contributed by atoms with Gasteiger partial charge < -0.3 is 4.90 Å². The largest absolute Gasteiger partial charge is 0.303 e. The van der Waals surface area contributed by atoms with Crippen molar-refractivity contribution in [1.82, 2.24) is 4.90 Å². The molecule has 0 spiro atoms. The first-order valence-electron chi connectivity index (χ1n) is 5.64. The lowest BCUT2D eigenvalue weighted by molar-refractivity contribution is 0.208. The van der Waals surface area contributed by atoms with Crippen molar-refractivity contribution < 1.29 is 0 Å². The molecule has 1 saturated heterocycles. The van der Waals surface area contributed by atoms with Crippen LogP contribution in [0.25, 0.3) is 0 Å². The molecule has 0 aromatic carbocycles. The molecule has 2 rings (SSSR count). The molecular weight excluding hydrogens is 158 g/mol. The molecule has 1 fully saturated rings. The number of likely N-dealkylation sites (tertiary alicyclic amines) is 1. The quantitative estimate of drug-likeness (QED) is 0.588. The van der Waals surface area contributed by atoms with E-state index < -0.39 is 0 Å². The van der Waals surface area contributed by atoms with Gasteiger partial charge in [0.1, 0.15) is 0 Å². The van der Waals surface area contributed by atoms with Crippen molar-refractivity contribution >= 4 is 0 Å². The molecule has 1 heterocycles. The zero-order valence-corrected chi connectivity index (χ0v) is 8.41. The highest BCUT2D eigenvalue weighted by molar-refractivity contribution is 4.91. The number of allylic oxidation sites excluding steroid dienone is 2. The highest BCUT2D eigenvalue weighted by Gasteiger charge is 2.16. The second-order valence-corrected chi connectivity index (χ2v) is 4.32. The van der Waals surface area contributed by atoms with Crippen LogP contribution in [0.2, 0.25) is 0 Å². The topological polar surface area (TPSA) is 3.24 Å². The Balaban J connectivity index is 1.72. The van der Waals surface area contributed by atoms with Gasteiger partial charge in [-0.1, -0.05) is 12.2 Å². The molecule has 0 aromatic rings. The van der Waals surface area contributed by atoms with Gasteiger partial charge in [0, 0.05) is 6.54 Å². The molecule has 0 saturated carbocycles. The molecule has 0 amide bonds. The molecule has 13 heavy (non-hydrogen) atoms. The van der Waals surface area contributed by atoms with Crippen LogP contribution < -0.4 is 0 Å². The molecular formula is C12H20N. The lowest BCUT2D eigenvalue weighted by Crippen LogP contribution is -2.34. The molecule has 1 unspecified atom stereocenters. The van der Waals surface area contributed by atoms with Crippen LogP contribution in [0.5, 0.6) is 0 Å². The van der Waals surface area contributed by atoms with Crippen molar-refractivity contribution in [2.75, 3.05) is 19.6 Å². The monoisotopic (exact) mass is 178 g/mol. The predicted molar refractivity (Wildman–Crippen MR) is 56.5 cm³/mol. The molecule has 1 nitrogen and oxygen atoms in total. The van der Waals surface area contributed by atoms with Crippen LogP contribution in [0.4, 0.5) is 0 Å².